The molecule has 4 rings (SSSR count). The number of fused-ring (bicyclic) bond motifs is 1. The molecule has 2 aromatic carbocycles. The third-order valence-electron chi connectivity index (χ3n) is 4.62. The zero-order valence-electron chi connectivity index (χ0n) is 17.3. The minimum atomic E-state index is -0.374. The molecule has 0 spiro atoms. The van der Waals surface area contributed by atoms with Crippen LogP contribution in [0.5, 0.6) is 0 Å². The fourth-order valence-electron chi connectivity index (χ4n) is 3.08. The van der Waals surface area contributed by atoms with Gasteiger partial charge in [0.05, 0.1) is 10.6 Å². The summed E-state index contributed by atoms with van der Waals surface area (Å²) in [4.78, 5) is 33.7. The number of carbonyl (C=O) groups is 2. The van der Waals surface area contributed by atoms with Gasteiger partial charge in [-0.2, -0.15) is 0 Å². The van der Waals surface area contributed by atoms with Crippen molar-refractivity contribution in [1.82, 2.24) is 9.97 Å². The highest BCUT2D eigenvalue weighted by atomic mass is 79.9. The highest BCUT2D eigenvalue weighted by molar-refractivity contribution is 9.10. The van der Waals surface area contributed by atoms with Gasteiger partial charge in [-0.15, -0.1) is 11.3 Å². The number of rotatable bonds is 6. The van der Waals surface area contributed by atoms with E-state index in [1.165, 1.54) is 25.0 Å². The van der Waals surface area contributed by atoms with E-state index in [0.29, 0.717) is 11.4 Å². The third-order valence-corrected chi connectivity index (χ3v) is 7.14. The Hall–Kier alpha value is -2.75. The molecule has 0 saturated heterocycles. The molecule has 162 valence electrons. The van der Waals surface area contributed by atoms with E-state index in [4.69, 9.17) is 0 Å². The van der Waals surface area contributed by atoms with Crippen LogP contribution < -0.4 is 10.6 Å². The Morgan fingerprint density at radius 1 is 1.00 bits per heavy atom. The molecule has 32 heavy (non-hydrogen) atoms. The molecule has 2 aromatic heterocycles. The molecule has 1 unspecified atom stereocenters. The number of amides is 2. The summed E-state index contributed by atoms with van der Waals surface area (Å²) in [7, 11) is 0. The first kappa shape index (κ1) is 22.4. The minimum absolute atomic E-state index is 0.130. The largest absolute Gasteiger partial charge is 0.326 e. The van der Waals surface area contributed by atoms with E-state index in [1.807, 2.05) is 31.2 Å². The maximum Gasteiger partial charge on any atom is 0.237 e. The number of anilines is 2. The van der Waals surface area contributed by atoms with Gasteiger partial charge in [0, 0.05) is 33.7 Å². The number of aromatic nitrogens is 2. The van der Waals surface area contributed by atoms with Crippen molar-refractivity contribution < 1.29 is 9.59 Å². The lowest BCUT2D eigenvalue weighted by Gasteiger charge is -2.13. The molecule has 0 bridgehead atoms. The van der Waals surface area contributed by atoms with Gasteiger partial charge in [0.25, 0.3) is 0 Å². The smallest absolute Gasteiger partial charge is 0.237 e. The maximum absolute atomic E-state index is 12.8. The maximum atomic E-state index is 12.8. The van der Waals surface area contributed by atoms with Gasteiger partial charge in [-0.3, -0.25) is 9.59 Å². The zero-order valence-corrected chi connectivity index (χ0v) is 20.5. The number of thiophene rings is 1. The molecule has 0 aliphatic rings. The highest BCUT2D eigenvalue weighted by Crippen LogP contribution is 2.39. The van der Waals surface area contributed by atoms with E-state index in [9.17, 15) is 9.59 Å². The number of halogens is 1. The first-order chi connectivity index (χ1) is 15.4. The van der Waals surface area contributed by atoms with Gasteiger partial charge in [0.2, 0.25) is 11.8 Å². The lowest BCUT2D eigenvalue weighted by molar-refractivity contribution is -0.115. The van der Waals surface area contributed by atoms with Crippen LogP contribution in [-0.4, -0.2) is 27.0 Å². The van der Waals surface area contributed by atoms with E-state index in [0.717, 1.165) is 30.8 Å². The summed E-state index contributed by atoms with van der Waals surface area (Å²) in [6.45, 7) is 3.31. The normalized spacial score (nSPS) is 11.8. The molecule has 6 nitrogen and oxygen atoms in total. The summed E-state index contributed by atoms with van der Waals surface area (Å²) < 4.78 is 1.02. The van der Waals surface area contributed by atoms with Crippen molar-refractivity contribution in [3.8, 4) is 11.1 Å². The summed E-state index contributed by atoms with van der Waals surface area (Å²) in [6.07, 6.45) is 1.54. The van der Waals surface area contributed by atoms with Crippen LogP contribution in [0.1, 0.15) is 13.8 Å². The van der Waals surface area contributed by atoms with E-state index < -0.39 is 0 Å². The van der Waals surface area contributed by atoms with Crippen LogP contribution in [0.2, 0.25) is 0 Å². The van der Waals surface area contributed by atoms with Crippen molar-refractivity contribution in [3.05, 3.63) is 64.7 Å². The first-order valence-electron chi connectivity index (χ1n) is 9.74. The summed E-state index contributed by atoms with van der Waals surface area (Å²) in [5.74, 6) is -0.270. The number of nitrogens with zero attached hydrogens (tertiary/aromatic N) is 2. The molecular weight excluding hydrogens is 508 g/mol. The highest BCUT2D eigenvalue weighted by Gasteiger charge is 2.20. The van der Waals surface area contributed by atoms with Gasteiger partial charge in [0.15, 0.2) is 0 Å². The van der Waals surface area contributed by atoms with Gasteiger partial charge in [-0.1, -0.05) is 39.8 Å². The molecule has 2 amide bonds. The van der Waals surface area contributed by atoms with Crippen molar-refractivity contribution >= 4 is 72.4 Å². The van der Waals surface area contributed by atoms with Crippen LogP contribution in [0.25, 0.3) is 21.3 Å². The molecule has 2 N–H and O–H groups in total. The van der Waals surface area contributed by atoms with Crippen molar-refractivity contribution in [1.29, 1.82) is 0 Å². The fraction of sp³-hybridized carbons (Fsp3) is 0.130. The van der Waals surface area contributed by atoms with Gasteiger partial charge in [-0.25, -0.2) is 9.97 Å². The predicted molar refractivity (Wildman–Crippen MR) is 135 cm³/mol. The van der Waals surface area contributed by atoms with Crippen molar-refractivity contribution in [2.75, 3.05) is 10.6 Å². The van der Waals surface area contributed by atoms with E-state index in [2.05, 4.69) is 41.9 Å². The van der Waals surface area contributed by atoms with Crippen molar-refractivity contribution in [2.45, 2.75) is 24.1 Å². The van der Waals surface area contributed by atoms with Crippen LogP contribution in [-0.2, 0) is 9.59 Å². The molecule has 2 heterocycles. The molecule has 0 aliphatic carbocycles. The Labute approximate surface area is 202 Å². The second kappa shape index (κ2) is 9.81. The van der Waals surface area contributed by atoms with Gasteiger partial charge in [0.1, 0.15) is 16.2 Å². The van der Waals surface area contributed by atoms with Gasteiger partial charge in [-0.05, 0) is 48.9 Å². The number of hydrogen-bond donors (Lipinski definition) is 2. The Morgan fingerprint density at radius 3 is 2.31 bits per heavy atom. The topological polar surface area (TPSA) is 84.0 Å². The average Bonchev–Trinajstić information content (AvgIpc) is 3.20. The molecule has 0 aliphatic heterocycles. The Balaban J connectivity index is 1.52. The Morgan fingerprint density at radius 2 is 1.66 bits per heavy atom. The quantitative estimate of drug-likeness (QED) is 0.231. The average molecular weight is 527 g/mol. The summed E-state index contributed by atoms with van der Waals surface area (Å²) in [5.41, 5.74) is 3.48. The Kier molecular flexibility index (Phi) is 6.88. The third kappa shape index (κ3) is 5.17. The molecule has 0 radical (unpaired) electrons. The van der Waals surface area contributed by atoms with Crippen LogP contribution in [0.15, 0.2) is 69.7 Å². The SMILES string of the molecule is CC(=O)Nc1ccc(NC(=O)C(C)Sc2ncnc3scc(-c4ccc(Br)cc4)c23)cc1. The van der Waals surface area contributed by atoms with E-state index in [1.54, 1.807) is 35.6 Å². The fourth-order valence-corrected chi connectivity index (χ4v) is 5.26. The van der Waals surface area contributed by atoms with Crippen molar-refractivity contribution in [2.24, 2.45) is 0 Å². The number of thioether (sulfide) groups is 1. The lowest BCUT2D eigenvalue weighted by atomic mass is 10.1. The van der Waals surface area contributed by atoms with Crippen LogP contribution >= 0.6 is 39.0 Å². The van der Waals surface area contributed by atoms with Crippen LogP contribution in [0.4, 0.5) is 11.4 Å². The van der Waals surface area contributed by atoms with Crippen molar-refractivity contribution in [3.63, 3.8) is 0 Å². The second-order valence-corrected chi connectivity index (χ2v) is 10.1. The summed E-state index contributed by atoms with van der Waals surface area (Å²) in [5, 5.41) is 9.06. The molecular formula is C23H19BrN4O2S2. The number of hydrogen-bond acceptors (Lipinski definition) is 6. The number of benzene rings is 2. The molecule has 0 fully saturated rings. The molecule has 1 atom stereocenters. The van der Waals surface area contributed by atoms with E-state index >= 15 is 0 Å². The summed E-state index contributed by atoms with van der Waals surface area (Å²) >= 11 is 6.44. The minimum Gasteiger partial charge on any atom is -0.326 e. The van der Waals surface area contributed by atoms with Crippen LogP contribution in [0.3, 0.4) is 0 Å². The Bertz CT molecular complexity index is 1270. The molecule has 4 aromatic rings. The molecule has 9 heteroatoms. The number of nitrogens with one attached hydrogen (secondary N) is 2. The zero-order chi connectivity index (χ0) is 22.7. The predicted octanol–water partition coefficient (Wildman–Crippen LogP) is 6.20. The monoisotopic (exact) mass is 526 g/mol. The number of carbonyl (C=O) groups excluding carboxylic acids is 2. The summed E-state index contributed by atoms with van der Waals surface area (Å²) in [6, 6.07) is 15.1. The van der Waals surface area contributed by atoms with E-state index in [-0.39, 0.29) is 17.1 Å². The van der Waals surface area contributed by atoms with Gasteiger partial charge >= 0.3 is 0 Å². The standard InChI is InChI=1S/C23H19BrN4O2S2/c1-13(21(30)28-18-9-7-17(8-10-18)27-14(2)29)32-23-20-19(11-31-22(20)25-12-26-23)15-3-5-16(24)6-4-15/h3-13H,1-2H3,(H,27,29)(H,28,30). The second-order valence-electron chi connectivity index (χ2n) is 7.02. The van der Waals surface area contributed by atoms with Crippen LogP contribution in [0, 0.1) is 0 Å². The van der Waals surface area contributed by atoms with Gasteiger partial charge < -0.3 is 10.6 Å². The lowest BCUT2D eigenvalue weighted by Crippen LogP contribution is -2.22. The first-order valence-corrected chi connectivity index (χ1v) is 12.3. The molecule has 0 saturated carbocycles.